The van der Waals surface area contributed by atoms with Crippen LogP contribution in [0, 0.1) is 6.92 Å². The van der Waals surface area contributed by atoms with Gasteiger partial charge in [-0.1, -0.05) is 48.9 Å². The third-order valence-corrected chi connectivity index (χ3v) is 5.64. The van der Waals surface area contributed by atoms with Crippen molar-refractivity contribution < 1.29 is 9.90 Å². The van der Waals surface area contributed by atoms with Gasteiger partial charge in [-0.3, -0.25) is 14.7 Å². The van der Waals surface area contributed by atoms with E-state index in [1.807, 2.05) is 24.4 Å². The quantitative estimate of drug-likeness (QED) is 0.740. The van der Waals surface area contributed by atoms with Crippen LogP contribution in [-0.2, 0) is 4.79 Å². The zero-order valence-electron chi connectivity index (χ0n) is 15.5. The van der Waals surface area contributed by atoms with Gasteiger partial charge < -0.3 is 5.11 Å². The molecule has 0 amide bonds. The molecule has 4 heteroatoms. The molecule has 1 aliphatic rings. The smallest absolute Gasteiger partial charge is 0.320 e. The van der Waals surface area contributed by atoms with E-state index < -0.39 is 12.0 Å². The summed E-state index contributed by atoms with van der Waals surface area (Å²) in [6, 6.07) is 16.1. The minimum absolute atomic E-state index is 0.0968. The van der Waals surface area contributed by atoms with Crippen molar-refractivity contribution in [2.75, 3.05) is 6.54 Å². The van der Waals surface area contributed by atoms with Gasteiger partial charge in [0.15, 0.2) is 0 Å². The molecule has 1 N–H and O–H groups in total. The maximum absolute atomic E-state index is 12.0. The average molecular weight is 360 g/mol. The molecule has 1 fully saturated rings. The van der Waals surface area contributed by atoms with Gasteiger partial charge >= 0.3 is 5.97 Å². The summed E-state index contributed by atoms with van der Waals surface area (Å²) in [5, 5.41) is 12.2. The molecule has 1 aromatic heterocycles. The van der Waals surface area contributed by atoms with Crippen molar-refractivity contribution in [3.8, 4) is 0 Å². The maximum Gasteiger partial charge on any atom is 0.320 e. The van der Waals surface area contributed by atoms with Gasteiger partial charge in [0.1, 0.15) is 6.04 Å². The van der Waals surface area contributed by atoms with E-state index in [-0.39, 0.29) is 6.04 Å². The second kappa shape index (κ2) is 7.49. The summed E-state index contributed by atoms with van der Waals surface area (Å²) < 4.78 is 0. The van der Waals surface area contributed by atoms with Gasteiger partial charge in [0.05, 0.1) is 6.04 Å². The highest BCUT2D eigenvalue weighted by molar-refractivity contribution is 5.86. The first kappa shape index (κ1) is 17.7. The zero-order chi connectivity index (χ0) is 18.8. The number of piperidine rings is 1. The van der Waals surface area contributed by atoms with Crippen LogP contribution < -0.4 is 0 Å². The Kier molecular flexibility index (Phi) is 4.90. The van der Waals surface area contributed by atoms with E-state index in [0.717, 1.165) is 36.1 Å². The van der Waals surface area contributed by atoms with Gasteiger partial charge in [-0.05, 0) is 59.8 Å². The van der Waals surface area contributed by atoms with Gasteiger partial charge in [0, 0.05) is 12.4 Å². The van der Waals surface area contributed by atoms with E-state index in [2.05, 4.69) is 47.1 Å². The average Bonchev–Trinajstić information content (AvgIpc) is 2.70. The number of aryl methyl sites for hydroxylation is 1. The van der Waals surface area contributed by atoms with Crippen molar-refractivity contribution in [3.05, 3.63) is 77.6 Å². The van der Waals surface area contributed by atoms with Crippen LogP contribution >= 0.6 is 0 Å². The molecule has 138 valence electrons. The molecule has 0 radical (unpaired) electrons. The van der Waals surface area contributed by atoms with E-state index in [0.29, 0.717) is 6.42 Å². The van der Waals surface area contributed by atoms with Crippen LogP contribution in [0.25, 0.3) is 10.8 Å². The Hall–Kier alpha value is -2.72. The molecular formula is C23H24N2O2. The molecule has 0 spiro atoms. The second-order valence-electron chi connectivity index (χ2n) is 7.29. The lowest BCUT2D eigenvalue weighted by Crippen LogP contribution is -2.47. The summed E-state index contributed by atoms with van der Waals surface area (Å²) in [4.78, 5) is 18.5. The fourth-order valence-electron chi connectivity index (χ4n) is 4.33. The molecule has 1 saturated heterocycles. The van der Waals surface area contributed by atoms with Crippen LogP contribution in [0.15, 0.2) is 60.9 Å². The molecule has 2 heterocycles. The molecule has 0 bridgehead atoms. The van der Waals surface area contributed by atoms with Crippen LogP contribution in [-0.4, -0.2) is 33.5 Å². The van der Waals surface area contributed by atoms with Crippen molar-refractivity contribution in [2.45, 2.75) is 38.3 Å². The Morgan fingerprint density at radius 1 is 1.11 bits per heavy atom. The van der Waals surface area contributed by atoms with Crippen molar-refractivity contribution in [1.29, 1.82) is 0 Å². The molecule has 0 aliphatic carbocycles. The highest BCUT2D eigenvalue weighted by Gasteiger charge is 2.36. The topological polar surface area (TPSA) is 53.4 Å². The molecule has 2 unspecified atom stereocenters. The van der Waals surface area contributed by atoms with Crippen molar-refractivity contribution in [1.82, 2.24) is 9.88 Å². The second-order valence-corrected chi connectivity index (χ2v) is 7.29. The molecule has 2 aromatic carbocycles. The molecule has 4 rings (SSSR count). The summed E-state index contributed by atoms with van der Waals surface area (Å²) >= 11 is 0. The number of fused-ring (bicyclic) bond motifs is 1. The van der Waals surface area contributed by atoms with Crippen LogP contribution in [0.5, 0.6) is 0 Å². The van der Waals surface area contributed by atoms with E-state index >= 15 is 0 Å². The summed E-state index contributed by atoms with van der Waals surface area (Å²) in [7, 11) is 0. The number of hydrogen-bond acceptors (Lipinski definition) is 3. The lowest BCUT2D eigenvalue weighted by atomic mass is 9.88. The molecule has 0 saturated carbocycles. The molecule has 4 nitrogen and oxygen atoms in total. The fourth-order valence-corrected chi connectivity index (χ4v) is 4.33. The van der Waals surface area contributed by atoms with E-state index in [9.17, 15) is 9.90 Å². The Morgan fingerprint density at radius 2 is 1.93 bits per heavy atom. The van der Waals surface area contributed by atoms with Crippen LogP contribution in [0.3, 0.4) is 0 Å². The first-order chi connectivity index (χ1) is 13.2. The van der Waals surface area contributed by atoms with Gasteiger partial charge in [-0.25, -0.2) is 0 Å². The maximum atomic E-state index is 12.0. The van der Waals surface area contributed by atoms with Crippen molar-refractivity contribution in [2.24, 2.45) is 0 Å². The van der Waals surface area contributed by atoms with Crippen molar-refractivity contribution in [3.63, 3.8) is 0 Å². The van der Waals surface area contributed by atoms with E-state index in [1.165, 1.54) is 10.8 Å². The molecule has 2 atom stereocenters. The number of benzene rings is 2. The number of aromatic nitrogens is 1. The van der Waals surface area contributed by atoms with Crippen LogP contribution in [0.4, 0.5) is 0 Å². The van der Waals surface area contributed by atoms with Gasteiger partial charge in [0.25, 0.3) is 0 Å². The predicted octanol–water partition coefficient (Wildman–Crippen LogP) is 4.57. The van der Waals surface area contributed by atoms with Crippen LogP contribution in [0.2, 0.25) is 0 Å². The van der Waals surface area contributed by atoms with E-state index in [1.54, 1.807) is 6.20 Å². The third kappa shape index (κ3) is 3.33. The number of rotatable bonds is 4. The van der Waals surface area contributed by atoms with Crippen LogP contribution in [0.1, 0.15) is 42.0 Å². The highest BCUT2D eigenvalue weighted by Crippen LogP contribution is 2.38. The summed E-state index contributed by atoms with van der Waals surface area (Å²) in [6.45, 7) is 2.84. The normalized spacial score (nSPS) is 19.1. The number of carboxylic acid groups (broad SMARTS) is 1. The SMILES string of the molecule is Cc1cnccc1C(c1cccc2ccccc12)N1CCCCC1C(=O)O. The van der Waals surface area contributed by atoms with E-state index in [4.69, 9.17) is 0 Å². The molecule has 27 heavy (non-hydrogen) atoms. The number of aliphatic carboxylic acids is 1. The van der Waals surface area contributed by atoms with Gasteiger partial charge in [-0.15, -0.1) is 0 Å². The number of carbonyl (C=O) groups is 1. The molecule has 3 aromatic rings. The van der Waals surface area contributed by atoms with Crippen molar-refractivity contribution >= 4 is 16.7 Å². The lowest BCUT2D eigenvalue weighted by Gasteiger charge is -2.40. The number of likely N-dealkylation sites (tertiary alicyclic amines) is 1. The number of hydrogen-bond donors (Lipinski definition) is 1. The zero-order valence-corrected chi connectivity index (χ0v) is 15.5. The highest BCUT2D eigenvalue weighted by atomic mass is 16.4. The first-order valence-electron chi connectivity index (χ1n) is 9.53. The summed E-state index contributed by atoms with van der Waals surface area (Å²) in [5.41, 5.74) is 3.38. The van der Waals surface area contributed by atoms with Gasteiger partial charge in [-0.2, -0.15) is 0 Å². The Morgan fingerprint density at radius 3 is 2.74 bits per heavy atom. The predicted molar refractivity (Wildman–Crippen MR) is 107 cm³/mol. The minimum atomic E-state index is -0.730. The number of pyridine rings is 1. The van der Waals surface area contributed by atoms with Gasteiger partial charge in [0.2, 0.25) is 0 Å². The number of carboxylic acids is 1. The Bertz CT molecular complexity index is 964. The lowest BCUT2D eigenvalue weighted by molar-refractivity contribution is -0.145. The minimum Gasteiger partial charge on any atom is -0.480 e. The first-order valence-corrected chi connectivity index (χ1v) is 9.53. The monoisotopic (exact) mass is 360 g/mol. The number of nitrogens with zero attached hydrogens (tertiary/aromatic N) is 2. The third-order valence-electron chi connectivity index (χ3n) is 5.64. The molecule has 1 aliphatic heterocycles. The Balaban J connectivity index is 1.93. The largest absolute Gasteiger partial charge is 0.480 e. The summed E-state index contributed by atoms with van der Waals surface area (Å²) in [5.74, 6) is -0.730. The summed E-state index contributed by atoms with van der Waals surface area (Å²) in [6.07, 6.45) is 6.36. The fraction of sp³-hybridized carbons (Fsp3) is 0.304. The molecular weight excluding hydrogens is 336 g/mol. The Labute approximate surface area is 159 Å². The standard InChI is InChI=1S/C23H24N2O2/c1-16-15-24-13-12-18(16)22(25-14-5-4-11-21(25)23(26)27)20-10-6-8-17-7-2-3-9-19(17)20/h2-3,6-10,12-13,15,21-22H,4-5,11,14H2,1H3,(H,26,27).